The molecule has 1 aromatic rings. The van der Waals surface area contributed by atoms with E-state index >= 15 is 0 Å². The molecule has 2 aliphatic heterocycles. The molecule has 7 nitrogen and oxygen atoms in total. The van der Waals surface area contributed by atoms with Crippen LogP contribution < -0.4 is 10.2 Å². The minimum absolute atomic E-state index is 0.0548. The van der Waals surface area contributed by atoms with E-state index in [-0.39, 0.29) is 5.91 Å². The van der Waals surface area contributed by atoms with Gasteiger partial charge in [0.25, 0.3) is 5.91 Å². The van der Waals surface area contributed by atoms with Gasteiger partial charge in [-0.2, -0.15) is 0 Å². The monoisotopic (exact) mass is 440 g/mol. The summed E-state index contributed by atoms with van der Waals surface area (Å²) in [6, 6.07) is 0.369. The Hall–Kier alpha value is -1.73. The molecule has 6 rings (SSSR count). The fourth-order valence-electron chi connectivity index (χ4n) is 7.27. The Morgan fingerprint density at radius 3 is 2.84 bits per heavy atom. The van der Waals surface area contributed by atoms with Gasteiger partial charge in [0.2, 0.25) is 5.95 Å². The SMILES string of the molecule is CC1CC2CC(CNC(=O)c3cnc(N4C[C@@H]5C[C@H]4CO5)nc3C3CCC3)C[C@@](O)(C1)C2. The fourth-order valence-corrected chi connectivity index (χ4v) is 7.27. The molecule has 3 unspecified atom stereocenters. The fraction of sp³-hybridized carbons (Fsp3) is 0.800. The second-order valence-electron chi connectivity index (χ2n) is 11.4. The van der Waals surface area contributed by atoms with Crippen molar-refractivity contribution in [2.45, 2.75) is 88.4 Å². The van der Waals surface area contributed by atoms with E-state index in [0.29, 0.717) is 47.9 Å². The number of aromatic nitrogens is 2. The van der Waals surface area contributed by atoms with E-state index in [1.807, 2.05) is 0 Å². The molecule has 32 heavy (non-hydrogen) atoms. The van der Waals surface area contributed by atoms with Crippen LogP contribution in [0.25, 0.3) is 0 Å². The van der Waals surface area contributed by atoms with Gasteiger partial charge in [0.05, 0.1) is 35.6 Å². The van der Waals surface area contributed by atoms with Crippen LogP contribution in [0, 0.1) is 17.8 Å². The predicted octanol–water partition coefficient (Wildman–Crippen LogP) is 3.03. The summed E-state index contributed by atoms with van der Waals surface area (Å²) >= 11 is 0. The Morgan fingerprint density at radius 1 is 1.28 bits per heavy atom. The maximum Gasteiger partial charge on any atom is 0.254 e. The smallest absolute Gasteiger partial charge is 0.254 e. The normalized spacial score (nSPS) is 38.6. The number of rotatable bonds is 5. The molecule has 1 amide bonds. The Bertz CT molecular complexity index is 886. The van der Waals surface area contributed by atoms with Crippen LogP contribution >= 0.6 is 0 Å². The topological polar surface area (TPSA) is 87.6 Å². The highest BCUT2D eigenvalue weighted by Gasteiger charge is 2.44. The molecule has 5 aliphatic rings. The quantitative estimate of drug-likeness (QED) is 0.732. The molecule has 7 heteroatoms. The summed E-state index contributed by atoms with van der Waals surface area (Å²) < 4.78 is 5.73. The number of amides is 1. The number of ether oxygens (including phenoxy) is 1. The zero-order valence-electron chi connectivity index (χ0n) is 19.1. The molecule has 3 saturated carbocycles. The number of hydrogen-bond donors (Lipinski definition) is 2. The van der Waals surface area contributed by atoms with Crippen LogP contribution in [0.5, 0.6) is 0 Å². The number of fused-ring (bicyclic) bond motifs is 4. The first-order valence-electron chi connectivity index (χ1n) is 12.7. The van der Waals surface area contributed by atoms with E-state index in [1.165, 1.54) is 12.8 Å². The first-order chi connectivity index (χ1) is 15.5. The molecule has 2 N–H and O–H groups in total. The number of carbonyl (C=O) groups excluding carboxylic acids is 1. The Morgan fingerprint density at radius 2 is 2.16 bits per heavy atom. The number of nitrogens with one attached hydrogen (secondary N) is 1. The van der Waals surface area contributed by atoms with Crippen LogP contribution in [0.4, 0.5) is 5.95 Å². The molecule has 3 aliphatic carbocycles. The van der Waals surface area contributed by atoms with Gasteiger partial charge in [-0.15, -0.1) is 0 Å². The summed E-state index contributed by atoms with van der Waals surface area (Å²) in [5.74, 6) is 2.61. The summed E-state index contributed by atoms with van der Waals surface area (Å²) in [7, 11) is 0. The number of anilines is 1. The number of aliphatic hydroxyl groups is 1. The summed E-state index contributed by atoms with van der Waals surface area (Å²) in [6.07, 6.45) is 11.5. The van der Waals surface area contributed by atoms with Crippen molar-refractivity contribution in [3.8, 4) is 0 Å². The Labute approximate surface area is 190 Å². The van der Waals surface area contributed by atoms with E-state index in [4.69, 9.17) is 9.72 Å². The number of hydrogen-bond acceptors (Lipinski definition) is 6. The molecule has 2 saturated heterocycles. The molecular weight excluding hydrogens is 404 g/mol. The van der Waals surface area contributed by atoms with E-state index in [9.17, 15) is 9.90 Å². The van der Waals surface area contributed by atoms with Crippen LogP contribution in [0.3, 0.4) is 0 Å². The summed E-state index contributed by atoms with van der Waals surface area (Å²) in [5.41, 5.74) is 1.04. The first kappa shape index (κ1) is 20.8. The van der Waals surface area contributed by atoms with Gasteiger partial charge in [-0.05, 0) is 69.1 Å². The summed E-state index contributed by atoms with van der Waals surface area (Å²) in [5, 5.41) is 14.2. The number of carbonyl (C=O) groups is 1. The third kappa shape index (κ3) is 3.81. The molecule has 0 spiro atoms. The standard InChI is InChI=1S/C25H36N4O3/c1-15-5-16-6-17(10-25(31,8-15)9-16)11-26-23(30)21-12-27-24(28-22(21)18-3-2-4-18)29-13-20-7-19(29)14-32-20/h12,15-20,31H,2-11,13-14H2,1H3,(H,26,30)/t15?,16?,17?,19-,20-,25+/m0/s1. The highest BCUT2D eigenvalue weighted by Crippen LogP contribution is 2.47. The van der Waals surface area contributed by atoms with Gasteiger partial charge in [-0.3, -0.25) is 4.79 Å². The zero-order chi connectivity index (χ0) is 21.9. The molecule has 4 bridgehead atoms. The van der Waals surface area contributed by atoms with Gasteiger partial charge in [0, 0.05) is 25.2 Å². The van der Waals surface area contributed by atoms with Gasteiger partial charge in [0.15, 0.2) is 0 Å². The van der Waals surface area contributed by atoms with Gasteiger partial charge in [-0.25, -0.2) is 9.97 Å². The van der Waals surface area contributed by atoms with E-state index < -0.39 is 5.60 Å². The van der Waals surface area contributed by atoms with Crippen molar-refractivity contribution >= 4 is 11.9 Å². The van der Waals surface area contributed by atoms with Gasteiger partial charge >= 0.3 is 0 Å². The Kier molecular flexibility index (Phi) is 5.17. The lowest BCUT2D eigenvalue weighted by molar-refractivity contribution is -0.0821. The lowest BCUT2D eigenvalue weighted by atomic mass is 9.62. The maximum atomic E-state index is 13.2. The van der Waals surface area contributed by atoms with Crippen molar-refractivity contribution in [1.29, 1.82) is 0 Å². The van der Waals surface area contributed by atoms with Gasteiger partial charge in [-0.1, -0.05) is 13.3 Å². The minimum Gasteiger partial charge on any atom is -0.390 e. The summed E-state index contributed by atoms with van der Waals surface area (Å²) in [6.45, 7) is 4.49. The number of morpholine rings is 1. The van der Waals surface area contributed by atoms with Crippen molar-refractivity contribution in [2.24, 2.45) is 17.8 Å². The van der Waals surface area contributed by atoms with Crippen molar-refractivity contribution < 1.29 is 14.6 Å². The molecule has 6 atom stereocenters. The molecule has 5 fully saturated rings. The predicted molar refractivity (Wildman–Crippen MR) is 121 cm³/mol. The average Bonchev–Trinajstić information content (AvgIpc) is 3.33. The molecule has 3 heterocycles. The van der Waals surface area contributed by atoms with Crippen LogP contribution in [0.15, 0.2) is 6.20 Å². The van der Waals surface area contributed by atoms with Crippen LogP contribution in [-0.2, 0) is 4.74 Å². The zero-order valence-corrected chi connectivity index (χ0v) is 19.1. The Balaban J connectivity index is 1.15. The second kappa shape index (κ2) is 7.94. The molecule has 0 radical (unpaired) electrons. The van der Waals surface area contributed by atoms with Crippen LogP contribution in [-0.4, -0.2) is 58.4 Å². The molecular formula is C25H36N4O3. The van der Waals surface area contributed by atoms with Gasteiger partial charge < -0.3 is 20.1 Å². The van der Waals surface area contributed by atoms with Crippen LogP contribution in [0.1, 0.15) is 86.7 Å². The van der Waals surface area contributed by atoms with Crippen molar-refractivity contribution in [3.63, 3.8) is 0 Å². The highest BCUT2D eigenvalue weighted by molar-refractivity contribution is 5.95. The molecule has 1 aromatic heterocycles. The molecule has 174 valence electrons. The maximum absolute atomic E-state index is 13.2. The lowest BCUT2D eigenvalue weighted by Gasteiger charge is -2.47. The first-order valence-corrected chi connectivity index (χ1v) is 12.7. The summed E-state index contributed by atoms with van der Waals surface area (Å²) in [4.78, 5) is 25.0. The highest BCUT2D eigenvalue weighted by atomic mass is 16.5. The van der Waals surface area contributed by atoms with Crippen LogP contribution in [0.2, 0.25) is 0 Å². The largest absolute Gasteiger partial charge is 0.390 e. The third-order valence-corrected chi connectivity index (χ3v) is 8.72. The van der Waals surface area contributed by atoms with Crippen molar-refractivity contribution in [1.82, 2.24) is 15.3 Å². The van der Waals surface area contributed by atoms with Gasteiger partial charge in [0.1, 0.15) is 0 Å². The molecule has 0 aromatic carbocycles. The second-order valence-corrected chi connectivity index (χ2v) is 11.4. The van der Waals surface area contributed by atoms with Crippen molar-refractivity contribution in [3.05, 3.63) is 17.5 Å². The minimum atomic E-state index is -0.531. The average molecular weight is 441 g/mol. The van der Waals surface area contributed by atoms with E-state index in [0.717, 1.165) is 69.7 Å². The third-order valence-electron chi connectivity index (χ3n) is 8.72. The van der Waals surface area contributed by atoms with Crippen molar-refractivity contribution in [2.75, 3.05) is 24.6 Å². The van der Waals surface area contributed by atoms with E-state index in [2.05, 4.69) is 22.1 Å². The lowest BCUT2D eigenvalue weighted by Crippen LogP contribution is -2.47. The van der Waals surface area contributed by atoms with E-state index in [1.54, 1.807) is 6.20 Å². The number of nitrogens with zero attached hydrogens (tertiary/aromatic N) is 3.